The quantitative estimate of drug-likeness (QED) is 0.856. The number of aryl methyl sites for hydroxylation is 1. The van der Waals surface area contributed by atoms with Crippen molar-refractivity contribution in [3.05, 3.63) is 27.8 Å². The largest absolute Gasteiger partial charge is 0.378 e. The lowest BCUT2D eigenvalue weighted by Crippen LogP contribution is -2.39. The van der Waals surface area contributed by atoms with Gasteiger partial charge in [0.15, 0.2) is 5.82 Å². The van der Waals surface area contributed by atoms with Crippen LogP contribution in [0.1, 0.15) is 46.0 Å². The molecule has 1 aliphatic heterocycles. The molecule has 1 aliphatic rings. The fourth-order valence-electron chi connectivity index (χ4n) is 2.61. The van der Waals surface area contributed by atoms with Gasteiger partial charge in [-0.2, -0.15) is 4.98 Å². The van der Waals surface area contributed by atoms with Crippen molar-refractivity contribution < 1.29 is 14.1 Å². The molecule has 1 fully saturated rings. The lowest BCUT2D eigenvalue weighted by Gasteiger charge is -2.30. The third-order valence-corrected chi connectivity index (χ3v) is 4.48. The van der Waals surface area contributed by atoms with Crippen LogP contribution in [0.4, 0.5) is 0 Å². The van der Waals surface area contributed by atoms with Gasteiger partial charge in [0.25, 0.3) is 5.91 Å². The van der Waals surface area contributed by atoms with Gasteiger partial charge in [-0.3, -0.25) is 4.79 Å². The highest BCUT2D eigenvalue weighted by Crippen LogP contribution is 2.26. The summed E-state index contributed by atoms with van der Waals surface area (Å²) in [4.78, 5) is 23.0. The van der Waals surface area contributed by atoms with Crippen LogP contribution in [0.5, 0.6) is 0 Å². The predicted octanol–water partition coefficient (Wildman–Crippen LogP) is 2.00. The Hall–Kier alpha value is -1.80. The van der Waals surface area contributed by atoms with Gasteiger partial charge in [-0.05, 0) is 12.8 Å². The monoisotopic (exact) mass is 322 g/mol. The molecule has 0 aromatic carbocycles. The number of aromatic nitrogens is 3. The van der Waals surface area contributed by atoms with Crippen molar-refractivity contribution in [3.63, 3.8) is 0 Å². The van der Waals surface area contributed by atoms with Gasteiger partial charge in [-0.1, -0.05) is 5.16 Å². The van der Waals surface area contributed by atoms with E-state index in [1.54, 1.807) is 19.4 Å². The molecule has 0 aliphatic carbocycles. The Balaban J connectivity index is 1.69. The minimum atomic E-state index is -0.0384. The van der Waals surface area contributed by atoms with E-state index < -0.39 is 0 Å². The Morgan fingerprint density at radius 3 is 3.14 bits per heavy atom. The number of ether oxygens (including phenoxy) is 1. The molecule has 0 spiro atoms. The summed E-state index contributed by atoms with van der Waals surface area (Å²) in [5.41, 5.74) is 0.488. The number of amides is 1. The molecule has 2 aromatic rings. The molecular weight excluding hydrogens is 304 g/mol. The molecule has 0 saturated carbocycles. The van der Waals surface area contributed by atoms with Crippen LogP contribution >= 0.6 is 11.3 Å². The van der Waals surface area contributed by atoms with Crippen molar-refractivity contribution in [2.45, 2.75) is 32.3 Å². The van der Waals surface area contributed by atoms with E-state index in [0.717, 1.165) is 24.4 Å². The number of likely N-dealkylation sites (tertiary alicyclic amines) is 1. The number of hydrogen-bond donors (Lipinski definition) is 0. The highest BCUT2D eigenvalue weighted by atomic mass is 32.1. The first-order valence-corrected chi connectivity index (χ1v) is 8.08. The molecule has 22 heavy (non-hydrogen) atoms. The van der Waals surface area contributed by atoms with Gasteiger partial charge >= 0.3 is 0 Å². The summed E-state index contributed by atoms with van der Waals surface area (Å²) < 4.78 is 10.1. The average molecular weight is 322 g/mol. The molecule has 7 nitrogen and oxygen atoms in total. The molecule has 1 atom stereocenters. The van der Waals surface area contributed by atoms with Crippen molar-refractivity contribution in [2.75, 3.05) is 20.2 Å². The number of rotatable bonds is 4. The highest BCUT2D eigenvalue weighted by molar-refractivity contribution is 7.09. The second-order valence-corrected chi connectivity index (χ2v) is 6.26. The Morgan fingerprint density at radius 1 is 1.55 bits per heavy atom. The first kappa shape index (κ1) is 15.1. The number of thiazole rings is 1. The standard InChI is InChI=1S/C14H18N4O3S/c1-9-15-13(17-21-9)10-4-3-5-18(6-10)14(19)11-8-22-12(16-11)7-20-2/h8,10H,3-7H2,1-2H3/t10-/m1/s1. The number of hydrogen-bond acceptors (Lipinski definition) is 7. The van der Waals surface area contributed by atoms with Crippen molar-refractivity contribution >= 4 is 17.2 Å². The molecule has 8 heteroatoms. The number of nitrogens with zero attached hydrogens (tertiary/aromatic N) is 4. The Kier molecular flexibility index (Phi) is 4.49. The molecule has 0 bridgehead atoms. The zero-order valence-electron chi connectivity index (χ0n) is 12.6. The van der Waals surface area contributed by atoms with Crippen LogP contribution in [-0.2, 0) is 11.3 Å². The third-order valence-electron chi connectivity index (χ3n) is 3.66. The van der Waals surface area contributed by atoms with E-state index in [4.69, 9.17) is 9.26 Å². The molecule has 0 unspecified atom stereocenters. The van der Waals surface area contributed by atoms with Gasteiger partial charge in [-0.15, -0.1) is 11.3 Å². The van der Waals surface area contributed by atoms with Crippen molar-refractivity contribution in [1.29, 1.82) is 0 Å². The van der Waals surface area contributed by atoms with Crippen LogP contribution in [-0.4, -0.2) is 46.1 Å². The number of carbonyl (C=O) groups excluding carboxylic acids is 1. The second-order valence-electron chi connectivity index (χ2n) is 5.32. The number of piperidine rings is 1. The molecule has 2 aromatic heterocycles. The summed E-state index contributed by atoms with van der Waals surface area (Å²) >= 11 is 1.44. The predicted molar refractivity (Wildman–Crippen MR) is 79.7 cm³/mol. The summed E-state index contributed by atoms with van der Waals surface area (Å²) in [6.45, 7) is 3.55. The SMILES string of the molecule is COCc1nc(C(=O)N2CCC[C@@H](c3noc(C)n3)C2)cs1. The highest BCUT2D eigenvalue weighted by Gasteiger charge is 2.29. The van der Waals surface area contributed by atoms with Gasteiger partial charge in [0.05, 0.1) is 6.61 Å². The molecule has 118 valence electrons. The van der Waals surface area contributed by atoms with E-state index in [9.17, 15) is 4.79 Å². The second kappa shape index (κ2) is 6.53. The van der Waals surface area contributed by atoms with Crippen LogP contribution in [0.2, 0.25) is 0 Å². The van der Waals surface area contributed by atoms with E-state index in [2.05, 4.69) is 15.1 Å². The lowest BCUT2D eigenvalue weighted by atomic mass is 9.97. The Bertz CT molecular complexity index is 654. The van der Waals surface area contributed by atoms with E-state index in [0.29, 0.717) is 30.6 Å². The van der Waals surface area contributed by atoms with Gasteiger partial charge in [0, 0.05) is 38.4 Å². The minimum Gasteiger partial charge on any atom is -0.378 e. The number of methoxy groups -OCH3 is 1. The van der Waals surface area contributed by atoms with Gasteiger partial charge < -0.3 is 14.2 Å². The van der Waals surface area contributed by atoms with Crippen LogP contribution < -0.4 is 0 Å². The number of carbonyl (C=O) groups is 1. The Morgan fingerprint density at radius 2 is 2.41 bits per heavy atom. The van der Waals surface area contributed by atoms with E-state index in [-0.39, 0.29) is 11.8 Å². The molecular formula is C14H18N4O3S. The van der Waals surface area contributed by atoms with Gasteiger partial charge in [0.2, 0.25) is 5.89 Å². The minimum absolute atomic E-state index is 0.0384. The molecule has 1 saturated heterocycles. The first-order chi connectivity index (χ1) is 10.7. The molecule has 0 radical (unpaired) electrons. The lowest BCUT2D eigenvalue weighted by molar-refractivity contribution is 0.0698. The summed E-state index contributed by atoms with van der Waals surface area (Å²) in [5.74, 6) is 1.34. The van der Waals surface area contributed by atoms with Crippen LogP contribution in [0.15, 0.2) is 9.90 Å². The zero-order valence-corrected chi connectivity index (χ0v) is 13.4. The summed E-state index contributed by atoms with van der Waals surface area (Å²) in [6.07, 6.45) is 1.90. The fourth-order valence-corrected chi connectivity index (χ4v) is 3.35. The van der Waals surface area contributed by atoms with Crippen LogP contribution in [0, 0.1) is 6.92 Å². The van der Waals surface area contributed by atoms with Crippen molar-refractivity contribution in [2.24, 2.45) is 0 Å². The maximum Gasteiger partial charge on any atom is 0.273 e. The van der Waals surface area contributed by atoms with Crippen molar-refractivity contribution in [3.8, 4) is 0 Å². The summed E-state index contributed by atoms with van der Waals surface area (Å²) in [7, 11) is 1.62. The maximum atomic E-state index is 12.6. The third kappa shape index (κ3) is 3.17. The molecule has 3 rings (SSSR count). The van der Waals surface area contributed by atoms with E-state index in [1.165, 1.54) is 11.3 Å². The first-order valence-electron chi connectivity index (χ1n) is 7.20. The molecule has 3 heterocycles. The van der Waals surface area contributed by atoms with Crippen LogP contribution in [0.25, 0.3) is 0 Å². The van der Waals surface area contributed by atoms with Gasteiger partial charge in [-0.25, -0.2) is 4.98 Å². The van der Waals surface area contributed by atoms with Crippen molar-refractivity contribution in [1.82, 2.24) is 20.0 Å². The average Bonchev–Trinajstić information content (AvgIpc) is 3.16. The normalized spacial score (nSPS) is 18.6. The summed E-state index contributed by atoms with van der Waals surface area (Å²) in [5, 5.41) is 6.58. The maximum absolute atomic E-state index is 12.6. The van der Waals surface area contributed by atoms with E-state index >= 15 is 0 Å². The smallest absolute Gasteiger partial charge is 0.273 e. The topological polar surface area (TPSA) is 81.4 Å². The van der Waals surface area contributed by atoms with Crippen LogP contribution in [0.3, 0.4) is 0 Å². The zero-order chi connectivity index (χ0) is 15.5. The summed E-state index contributed by atoms with van der Waals surface area (Å²) in [6, 6.07) is 0. The van der Waals surface area contributed by atoms with Gasteiger partial charge in [0.1, 0.15) is 10.7 Å². The molecule has 0 N–H and O–H groups in total. The Labute approximate surface area is 132 Å². The molecule has 1 amide bonds. The van der Waals surface area contributed by atoms with E-state index in [1.807, 2.05) is 4.90 Å². The fraction of sp³-hybridized carbons (Fsp3) is 0.571.